The average Bonchev–Trinajstić information content (AvgIpc) is 3.26. The van der Waals surface area contributed by atoms with E-state index in [1.807, 2.05) is 0 Å². The Bertz CT molecular complexity index is 1090. The number of aromatic nitrogens is 4. The van der Waals surface area contributed by atoms with Gasteiger partial charge in [-0.1, -0.05) is 23.9 Å². The molecule has 0 bridgehead atoms. The number of anilines is 1. The summed E-state index contributed by atoms with van der Waals surface area (Å²) in [6.07, 6.45) is -4.57. The number of alkyl halides is 3. The van der Waals surface area contributed by atoms with E-state index in [-0.39, 0.29) is 30.4 Å². The third-order valence-corrected chi connectivity index (χ3v) is 5.13. The monoisotopic (exact) mass is 483 g/mol. The zero-order valence-electron chi connectivity index (χ0n) is 17.6. The smallest absolute Gasteiger partial charge is 0.416 e. The van der Waals surface area contributed by atoms with E-state index in [2.05, 4.69) is 20.8 Å². The van der Waals surface area contributed by atoms with Gasteiger partial charge in [0.25, 0.3) is 0 Å². The Hall–Kier alpha value is -3.32. The molecule has 0 radical (unpaired) electrons. The van der Waals surface area contributed by atoms with Gasteiger partial charge in [0.1, 0.15) is 23.8 Å². The van der Waals surface area contributed by atoms with Crippen LogP contribution in [0.1, 0.15) is 5.56 Å². The van der Waals surface area contributed by atoms with Crippen LogP contribution < -0.4 is 14.8 Å². The summed E-state index contributed by atoms with van der Waals surface area (Å²) in [4.78, 5) is 12.5. The van der Waals surface area contributed by atoms with Crippen LogP contribution in [0.15, 0.2) is 47.6 Å². The van der Waals surface area contributed by atoms with Gasteiger partial charge >= 0.3 is 6.18 Å². The summed E-state index contributed by atoms with van der Waals surface area (Å²) in [6, 6.07) is 9.90. The van der Waals surface area contributed by atoms with Crippen molar-refractivity contribution >= 4 is 23.4 Å². The molecule has 0 atom stereocenters. The SMILES string of the molecule is COCCOc1ccc(C(F)(F)F)cc1NC(=O)CSc1nnnn1-c1ccccc1OC. The number of amides is 1. The van der Waals surface area contributed by atoms with Crippen molar-refractivity contribution < 1.29 is 32.2 Å². The number of ether oxygens (including phenoxy) is 3. The number of carbonyl (C=O) groups excluding carboxylic acids is 1. The van der Waals surface area contributed by atoms with Gasteiger partial charge in [-0.05, 0) is 40.8 Å². The number of hydrogen-bond donors (Lipinski definition) is 1. The van der Waals surface area contributed by atoms with E-state index in [0.29, 0.717) is 16.6 Å². The Morgan fingerprint density at radius 1 is 1.12 bits per heavy atom. The number of rotatable bonds is 10. The molecule has 0 saturated carbocycles. The number of halogens is 3. The number of benzene rings is 2. The summed E-state index contributed by atoms with van der Waals surface area (Å²) >= 11 is 1.01. The molecule has 0 spiro atoms. The second-order valence-corrected chi connectivity index (χ2v) is 7.37. The molecule has 0 aliphatic heterocycles. The molecule has 0 aliphatic rings. The molecule has 1 amide bonds. The first-order chi connectivity index (χ1) is 15.8. The van der Waals surface area contributed by atoms with Gasteiger partial charge in [-0.2, -0.15) is 17.9 Å². The van der Waals surface area contributed by atoms with Crippen LogP contribution >= 0.6 is 11.8 Å². The molecule has 13 heteroatoms. The molecule has 1 N–H and O–H groups in total. The Kier molecular flexibility index (Phi) is 8.11. The fourth-order valence-electron chi connectivity index (χ4n) is 2.71. The molecule has 0 aliphatic carbocycles. The maximum Gasteiger partial charge on any atom is 0.416 e. The number of tetrazole rings is 1. The van der Waals surface area contributed by atoms with Crippen molar-refractivity contribution in [3.8, 4) is 17.2 Å². The van der Waals surface area contributed by atoms with Gasteiger partial charge in [-0.25, -0.2) is 0 Å². The maximum atomic E-state index is 13.1. The van der Waals surface area contributed by atoms with Crippen molar-refractivity contribution in [2.45, 2.75) is 11.3 Å². The zero-order valence-corrected chi connectivity index (χ0v) is 18.4. The molecule has 0 saturated heterocycles. The maximum absolute atomic E-state index is 13.1. The molecule has 0 unspecified atom stereocenters. The molecule has 1 aromatic heterocycles. The third kappa shape index (κ3) is 6.35. The van der Waals surface area contributed by atoms with Gasteiger partial charge in [0.15, 0.2) is 0 Å². The van der Waals surface area contributed by atoms with Crippen molar-refractivity contribution in [3.05, 3.63) is 48.0 Å². The third-order valence-electron chi connectivity index (χ3n) is 4.21. The highest BCUT2D eigenvalue weighted by Gasteiger charge is 2.31. The van der Waals surface area contributed by atoms with E-state index < -0.39 is 17.6 Å². The number of hydrogen-bond acceptors (Lipinski definition) is 8. The van der Waals surface area contributed by atoms with Crippen molar-refractivity contribution in [1.82, 2.24) is 20.2 Å². The van der Waals surface area contributed by atoms with Gasteiger partial charge in [0.05, 0.1) is 30.7 Å². The number of nitrogens with one attached hydrogen (secondary N) is 1. The zero-order chi connectivity index (χ0) is 23.8. The van der Waals surface area contributed by atoms with Crippen LogP contribution in [0.2, 0.25) is 0 Å². The minimum atomic E-state index is -4.57. The van der Waals surface area contributed by atoms with Gasteiger partial charge in [0, 0.05) is 7.11 Å². The second-order valence-electron chi connectivity index (χ2n) is 6.43. The van der Waals surface area contributed by atoms with Gasteiger partial charge in [-0.3, -0.25) is 4.79 Å². The van der Waals surface area contributed by atoms with E-state index in [1.165, 1.54) is 18.9 Å². The summed E-state index contributed by atoms with van der Waals surface area (Å²) in [5.74, 6) is -0.107. The van der Waals surface area contributed by atoms with Gasteiger partial charge < -0.3 is 19.5 Å². The van der Waals surface area contributed by atoms with Crippen molar-refractivity contribution in [3.63, 3.8) is 0 Å². The molecule has 2 aromatic carbocycles. The Balaban J connectivity index is 1.73. The van der Waals surface area contributed by atoms with Crippen molar-refractivity contribution in [2.24, 2.45) is 0 Å². The van der Waals surface area contributed by atoms with Crippen LogP contribution in [0.5, 0.6) is 11.5 Å². The molecule has 0 fully saturated rings. The normalized spacial score (nSPS) is 11.3. The Morgan fingerprint density at radius 3 is 2.64 bits per heavy atom. The van der Waals surface area contributed by atoms with Crippen LogP contribution in [-0.2, 0) is 15.7 Å². The fraction of sp³-hybridized carbons (Fsp3) is 0.300. The summed E-state index contributed by atoms with van der Waals surface area (Å²) in [5.41, 5.74) is -0.444. The van der Waals surface area contributed by atoms with Gasteiger partial charge in [0.2, 0.25) is 11.1 Å². The molecule has 3 rings (SSSR count). The largest absolute Gasteiger partial charge is 0.494 e. The molecule has 3 aromatic rings. The molecular formula is C20H20F3N5O4S. The molecule has 176 valence electrons. The highest BCUT2D eigenvalue weighted by atomic mass is 32.2. The van der Waals surface area contributed by atoms with Crippen LogP contribution in [0.3, 0.4) is 0 Å². The topological polar surface area (TPSA) is 100 Å². The van der Waals surface area contributed by atoms with Crippen LogP contribution in [0, 0.1) is 0 Å². The molecule has 33 heavy (non-hydrogen) atoms. The number of thioether (sulfide) groups is 1. The minimum absolute atomic E-state index is 0.0947. The van der Waals surface area contributed by atoms with E-state index in [9.17, 15) is 18.0 Å². The fourth-order valence-corrected chi connectivity index (χ4v) is 3.39. The quantitative estimate of drug-likeness (QED) is 0.346. The van der Waals surface area contributed by atoms with Crippen LogP contribution in [0.4, 0.5) is 18.9 Å². The number of nitrogens with zero attached hydrogens (tertiary/aromatic N) is 4. The first-order valence-corrected chi connectivity index (χ1v) is 10.5. The first kappa shape index (κ1) is 24.3. The van der Waals surface area contributed by atoms with Crippen LogP contribution in [0.25, 0.3) is 5.69 Å². The number of para-hydroxylation sites is 2. The van der Waals surface area contributed by atoms with Crippen molar-refractivity contribution in [1.29, 1.82) is 0 Å². The molecule has 9 nitrogen and oxygen atoms in total. The lowest BCUT2D eigenvalue weighted by Gasteiger charge is -2.15. The Labute approximate surface area is 191 Å². The average molecular weight is 483 g/mol. The van der Waals surface area contributed by atoms with E-state index in [0.717, 1.165) is 30.0 Å². The summed E-state index contributed by atoms with van der Waals surface area (Å²) in [6.45, 7) is 0.336. The standard InChI is InChI=1S/C20H20F3N5O4S/c1-30-9-10-32-16-8-7-13(20(21,22)23)11-14(16)24-18(29)12-33-19-25-26-27-28(19)15-5-3-4-6-17(15)31-2/h3-8,11H,9-10,12H2,1-2H3,(H,24,29). The summed E-state index contributed by atoms with van der Waals surface area (Å²) in [5, 5.41) is 14.2. The number of carbonyl (C=O) groups is 1. The second kappa shape index (κ2) is 11.0. The predicted octanol–water partition coefficient (Wildman–Crippen LogP) is 3.45. The molecular weight excluding hydrogens is 463 g/mol. The highest BCUT2D eigenvalue weighted by Crippen LogP contribution is 2.35. The summed E-state index contributed by atoms with van der Waals surface area (Å²) in [7, 11) is 2.97. The number of methoxy groups -OCH3 is 2. The summed E-state index contributed by atoms with van der Waals surface area (Å²) < 4.78 is 56.4. The van der Waals surface area contributed by atoms with E-state index in [1.54, 1.807) is 24.3 Å². The van der Waals surface area contributed by atoms with Crippen LogP contribution in [-0.4, -0.2) is 59.3 Å². The van der Waals surface area contributed by atoms with E-state index >= 15 is 0 Å². The lowest BCUT2D eigenvalue weighted by atomic mass is 10.1. The van der Waals surface area contributed by atoms with E-state index in [4.69, 9.17) is 14.2 Å². The Morgan fingerprint density at radius 2 is 1.91 bits per heavy atom. The van der Waals surface area contributed by atoms with Crippen molar-refractivity contribution in [2.75, 3.05) is 38.5 Å². The van der Waals surface area contributed by atoms with Gasteiger partial charge in [-0.15, -0.1) is 5.10 Å². The first-order valence-electron chi connectivity index (χ1n) is 9.51. The lowest BCUT2D eigenvalue weighted by Crippen LogP contribution is -2.17. The highest BCUT2D eigenvalue weighted by molar-refractivity contribution is 7.99. The lowest BCUT2D eigenvalue weighted by molar-refractivity contribution is -0.137. The minimum Gasteiger partial charge on any atom is -0.494 e. The predicted molar refractivity (Wildman–Crippen MR) is 114 cm³/mol. The molecule has 1 heterocycles.